The van der Waals surface area contributed by atoms with Crippen molar-refractivity contribution in [2.24, 2.45) is 5.73 Å². The molecular weight excluding hydrogens is 279 g/mol. The molecule has 20 heavy (non-hydrogen) atoms. The number of rotatable bonds is 2. The van der Waals surface area contributed by atoms with E-state index in [1.807, 2.05) is 6.07 Å². The second-order valence-corrected chi connectivity index (χ2v) is 8.06. The standard InChI is InChI=1S/C14H19FN2O2S/c15-12-2-1-11-3-6-17(13(11)9-12)14(10-16)4-7-20(18,19)8-5-14/h1-2,9H,3-8,10,16H2. The highest BCUT2D eigenvalue weighted by Crippen LogP contribution is 2.39. The van der Waals surface area contributed by atoms with E-state index in [0.29, 0.717) is 19.4 Å². The zero-order valence-corrected chi connectivity index (χ0v) is 12.1. The third-order valence-corrected chi connectivity index (χ3v) is 6.30. The molecule has 2 heterocycles. The van der Waals surface area contributed by atoms with Crippen molar-refractivity contribution in [3.8, 4) is 0 Å². The molecule has 1 aromatic carbocycles. The zero-order chi connectivity index (χ0) is 14.4. The van der Waals surface area contributed by atoms with Crippen LogP contribution in [0.25, 0.3) is 0 Å². The summed E-state index contributed by atoms with van der Waals surface area (Å²) in [6, 6.07) is 4.83. The average Bonchev–Trinajstić information content (AvgIpc) is 2.83. The minimum atomic E-state index is -2.94. The molecule has 0 aliphatic carbocycles. The number of sulfone groups is 1. The molecule has 3 rings (SSSR count). The number of nitrogens with zero attached hydrogens (tertiary/aromatic N) is 1. The molecule has 0 unspecified atom stereocenters. The maximum absolute atomic E-state index is 13.5. The maximum atomic E-state index is 13.5. The fraction of sp³-hybridized carbons (Fsp3) is 0.571. The van der Waals surface area contributed by atoms with Gasteiger partial charge in [-0.1, -0.05) is 6.07 Å². The van der Waals surface area contributed by atoms with Crippen molar-refractivity contribution < 1.29 is 12.8 Å². The van der Waals surface area contributed by atoms with Crippen LogP contribution in [-0.2, 0) is 16.3 Å². The lowest BCUT2D eigenvalue weighted by molar-refractivity contribution is 0.363. The predicted octanol–water partition coefficient (Wildman–Crippen LogP) is 1.09. The van der Waals surface area contributed by atoms with Gasteiger partial charge in [0.15, 0.2) is 9.84 Å². The molecule has 0 amide bonds. The minimum Gasteiger partial charge on any atom is -0.364 e. The lowest BCUT2D eigenvalue weighted by Crippen LogP contribution is -2.57. The number of benzene rings is 1. The lowest BCUT2D eigenvalue weighted by Gasteiger charge is -2.45. The summed E-state index contributed by atoms with van der Waals surface area (Å²) in [5, 5.41) is 0. The van der Waals surface area contributed by atoms with Crippen molar-refractivity contribution in [2.75, 3.05) is 29.5 Å². The van der Waals surface area contributed by atoms with Gasteiger partial charge in [-0.15, -0.1) is 0 Å². The Bertz CT molecular complexity index is 616. The van der Waals surface area contributed by atoms with Crippen LogP contribution in [0.3, 0.4) is 0 Å². The molecule has 0 atom stereocenters. The van der Waals surface area contributed by atoms with E-state index in [-0.39, 0.29) is 22.9 Å². The van der Waals surface area contributed by atoms with Gasteiger partial charge in [0.05, 0.1) is 17.0 Å². The fourth-order valence-corrected chi connectivity index (χ4v) is 4.93. The second kappa shape index (κ2) is 4.70. The Kier molecular flexibility index (Phi) is 3.25. The Hall–Kier alpha value is -1.14. The summed E-state index contributed by atoms with van der Waals surface area (Å²) in [4.78, 5) is 2.14. The van der Waals surface area contributed by atoms with Crippen molar-refractivity contribution in [1.29, 1.82) is 0 Å². The Morgan fingerprint density at radius 2 is 2.00 bits per heavy atom. The van der Waals surface area contributed by atoms with Gasteiger partial charge >= 0.3 is 0 Å². The predicted molar refractivity (Wildman–Crippen MR) is 77.1 cm³/mol. The summed E-state index contributed by atoms with van der Waals surface area (Å²) >= 11 is 0. The van der Waals surface area contributed by atoms with E-state index in [9.17, 15) is 12.8 Å². The Morgan fingerprint density at radius 3 is 2.65 bits per heavy atom. The van der Waals surface area contributed by atoms with Crippen LogP contribution >= 0.6 is 0 Å². The Labute approximate surface area is 118 Å². The van der Waals surface area contributed by atoms with Gasteiger partial charge in [0.2, 0.25) is 0 Å². The maximum Gasteiger partial charge on any atom is 0.150 e. The van der Waals surface area contributed by atoms with E-state index in [4.69, 9.17) is 5.73 Å². The molecular formula is C14H19FN2O2S. The topological polar surface area (TPSA) is 63.4 Å². The molecule has 1 fully saturated rings. The molecule has 1 aromatic rings. The Balaban J connectivity index is 1.95. The molecule has 2 aliphatic rings. The quantitative estimate of drug-likeness (QED) is 0.888. The SMILES string of the molecule is NCC1(N2CCc3ccc(F)cc32)CCS(=O)(=O)CC1. The smallest absolute Gasteiger partial charge is 0.150 e. The molecule has 110 valence electrons. The van der Waals surface area contributed by atoms with Crippen LogP contribution in [0.1, 0.15) is 18.4 Å². The van der Waals surface area contributed by atoms with E-state index < -0.39 is 9.84 Å². The molecule has 0 aromatic heterocycles. The molecule has 0 radical (unpaired) electrons. The number of fused-ring (bicyclic) bond motifs is 1. The first-order chi connectivity index (χ1) is 9.46. The van der Waals surface area contributed by atoms with E-state index in [0.717, 1.165) is 24.2 Å². The van der Waals surface area contributed by atoms with E-state index in [1.54, 1.807) is 6.07 Å². The van der Waals surface area contributed by atoms with Crippen LogP contribution in [0, 0.1) is 5.82 Å². The van der Waals surface area contributed by atoms with Crippen LogP contribution in [0.2, 0.25) is 0 Å². The van der Waals surface area contributed by atoms with E-state index in [1.165, 1.54) is 6.07 Å². The van der Waals surface area contributed by atoms with Gasteiger partial charge < -0.3 is 10.6 Å². The number of anilines is 1. The van der Waals surface area contributed by atoms with Crippen LogP contribution < -0.4 is 10.6 Å². The first kappa shape index (κ1) is 13.8. The average molecular weight is 298 g/mol. The summed E-state index contributed by atoms with van der Waals surface area (Å²) < 4.78 is 36.8. The normalized spacial score (nSPS) is 23.6. The lowest BCUT2D eigenvalue weighted by atomic mass is 9.90. The summed E-state index contributed by atoms with van der Waals surface area (Å²) in [6.45, 7) is 1.19. The number of hydrogen-bond donors (Lipinski definition) is 1. The van der Waals surface area contributed by atoms with Crippen LogP contribution in [-0.4, -0.2) is 38.6 Å². The molecule has 0 spiro atoms. The molecule has 0 saturated carbocycles. The van der Waals surface area contributed by atoms with Crippen molar-refractivity contribution in [3.05, 3.63) is 29.6 Å². The van der Waals surface area contributed by atoms with Gasteiger partial charge in [0.25, 0.3) is 0 Å². The molecule has 2 aliphatic heterocycles. The van der Waals surface area contributed by atoms with E-state index >= 15 is 0 Å². The fourth-order valence-electron chi connectivity index (χ4n) is 3.35. The highest BCUT2D eigenvalue weighted by molar-refractivity contribution is 7.91. The molecule has 0 bridgehead atoms. The third kappa shape index (κ3) is 2.20. The molecule has 2 N–H and O–H groups in total. The van der Waals surface area contributed by atoms with Gasteiger partial charge in [-0.05, 0) is 37.0 Å². The van der Waals surface area contributed by atoms with E-state index in [2.05, 4.69) is 4.90 Å². The summed E-state index contributed by atoms with van der Waals surface area (Å²) in [7, 11) is -2.94. The van der Waals surface area contributed by atoms with Gasteiger partial charge in [0.1, 0.15) is 5.82 Å². The molecule has 4 nitrogen and oxygen atoms in total. The van der Waals surface area contributed by atoms with Crippen LogP contribution in [0.4, 0.5) is 10.1 Å². The van der Waals surface area contributed by atoms with Crippen molar-refractivity contribution in [2.45, 2.75) is 24.8 Å². The number of nitrogens with two attached hydrogens (primary N) is 1. The molecule has 1 saturated heterocycles. The largest absolute Gasteiger partial charge is 0.364 e. The minimum absolute atomic E-state index is 0.172. The van der Waals surface area contributed by atoms with Gasteiger partial charge in [-0.2, -0.15) is 0 Å². The number of halogens is 1. The first-order valence-corrected chi connectivity index (χ1v) is 8.74. The summed E-state index contributed by atoms with van der Waals surface area (Å²) in [6.07, 6.45) is 1.92. The van der Waals surface area contributed by atoms with Gasteiger partial charge in [-0.25, -0.2) is 12.8 Å². The first-order valence-electron chi connectivity index (χ1n) is 6.92. The van der Waals surface area contributed by atoms with Crippen LogP contribution in [0.15, 0.2) is 18.2 Å². The zero-order valence-electron chi connectivity index (χ0n) is 11.3. The summed E-state index contributed by atoms with van der Waals surface area (Å²) in [5.41, 5.74) is 7.63. The highest BCUT2D eigenvalue weighted by atomic mass is 32.2. The Morgan fingerprint density at radius 1 is 1.30 bits per heavy atom. The molecule has 6 heteroatoms. The highest BCUT2D eigenvalue weighted by Gasteiger charge is 2.43. The number of hydrogen-bond acceptors (Lipinski definition) is 4. The summed E-state index contributed by atoms with van der Waals surface area (Å²) in [5.74, 6) is 0.0858. The van der Waals surface area contributed by atoms with Gasteiger partial charge in [-0.3, -0.25) is 0 Å². The van der Waals surface area contributed by atoms with Crippen LogP contribution in [0.5, 0.6) is 0 Å². The monoisotopic (exact) mass is 298 g/mol. The third-order valence-electron chi connectivity index (χ3n) is 4.65. The second-order valence-electron chi connectivity index (χ2n) is 5.75. The van der Waals surface area contributed by atoms with Gasteiger partial charge in [0, 0.05) is 18.8 Å². The van der Waals surface area contributed by atoms with Crippen molar-refractivity contribution in [1.82, 2.24) is 0 Å². The van der Waals surface area contributed by atoms with Crippen molar-refractivity contribution >= 4 is 15.5 Å². The van der Waals surface area contributed by atoms with Crippen molar-refractivity contribution in [3.63, 3.8) is 0 Å².